The number of allylic oxidation sites excluding steroid dienone is 1. The molecule has 2 aromatic heterocycles. The molecule has 0 spiro atoms. The van der Waals surface area contributed by atoms with Crippen molar-refractivity contribution in [1.29, 1.82) is 0 Å². The van der Waals surface area contributed by atoms with Gasteiger partial charge in [-0.1, -0.05) is 23.7 Å². The molecular formula is C25H22ClN5O4. The van der Waals surface area contributed by atoms with E-state index in [-0.39, 0.29) is 5.91 Å². The van der Waals surface area contributed by atoms with Crippen molar-refractivity contribution < 1.29 is 18.7 Å². The third-order valence-corrected chi connectivity index (χ3v) is 6.06. The Hall–Kier alpha value is -4.24. The van der Waals surface area contributed by atoms with Gasteiger partial charge in [0.1, 0.15) is 35.4 Å². The molecule has 0 saturated heterocycles. The van der Waals surface area contributed by atoms with Gasteiger partial charge >= 0.3 is 0 Å². The maximum Gasteiger partial charge on any atom is 0.256 e. The number of benzene rings is 2. The van der Waals surface area contributed by atoms with Crippen LogP contribution in [0.25, 0.3) is 11.3 Å². The maximum atomic E-state index is 13.7. The largest absolute Gasteiger partial charge is 0.497 e. The molecule has 1 aliphatic rings. The summed E-state index contributed by atoms with van der Waals surface area (Å²) in [4.78, 5) is 17.9. The van der Waals surface area contributed by atoms with E-state index >= 15 is 0 Å². The molecule has 0 fully saturated rings. The lowest BCUT2D eigenvalue weighted by Gasteiger charge is -2.27. The standard InChI is InChI=1S/C25H22ClN5O4/c1-14-22(24(32)30-18-12-15(33-2)8-9-20(18)34-3)23(31-25(29-14)27-13-28-31)21-11-10-19(35-21)16-6-4-5-7-17(16)26/h4-13,23H,1-3H3,(H,30,32)(H,27,28,29)/t23-/m1/s1. The number of furan rings is 1. The van der Waals surface area contributed by atoms with E-state index in [1.165, 1.54) is 13.4 Å². The van der Waals surface area contributed by atoms with E-state index in [9.17, 15) is 4.79 Å². The van der Waals surface area contributed by atoms with Crippen LogP contribution in [-0.4, -0.2) is 34.9 Å². The zero-order valence-electron chi connectivity index (χ0n) is 19.2. The highest BCUT2D eigenvalue weighted by atomic mass is 35.5. The molecule has 1 aliphatic heterocycles. The van der Waals surface area contributed by atoms with Crippen molar-refractivity contribution in [1.82, 2.24) is 14.8 Å². The molecule has 1 atom stereocenters. The number of ether oxygens (including phenoxy) is 2. The Kier molecular flexibility index (Phi) is 5.92. The SMILES string of the molecule is COc1ccc(OC)c(NC(=O)C2=C(C)Nc3ncnn3[C@@H]2c2ccc(-c3ccccc3Cl)o2)c1. The third-order valence-electron chi connectivity index (χ3n) is 5.73. The third kappa shape index (κ3) is 4.10. The summed E-state index contributed by atoms with van der Waals surface area (Å²) in [7, 11) is 3.09. The second kappa shape index (κ2) is 9.19. The number of carbonyl (C=O) groups is 1. The van der Waals surface area contributed by atoms with Crippen LogP contribution in [0.5, 0.6) is 11.5 Å². The Labute approximate surface area is 206 Å². The summed E-state index contributed by atoms with van der Waals surface area (Å²) in [6, 6.07) is 15.6. The Balaban J connectivity index is 1.55. The summed E-state index contributed by atoms with van der Waals surface area (Å²) in [6.45, 7) is 1.81. The van der Waals surface area contributed by atoms with Crippen LogP contribution in [0.2, 0.25) is 5.02 Å². The molecule has 9 nitrogen and oxygen atoms in total. The van der Waals surface area contributed by atoms with Gasteiger partial charge in [-0.3, -0.25) is 4.79 Å². The molecule has 35 heavy (non-hydrogen) atoms. The van der Waals surface area contributed by atoms with Crippen LogP contribution >= 0.6 is 11.6 Å². The zero-order chi connectivity index (χ0) is 24.5. The molecule has 0 radical (unpaired) electrons. The van der Waals surface area contributed by atoms with Gasteiger partial charge < -0.3 is 24.5 Å². The van der Waals surface area contributed by atoms with E-state index in [2.05, 4.69) is 20.7 Å². The molecule has 3 heterocycles. The lowest BCUT2D eigenvalue weighted by molar-refractivity contribution is -0.113. The fourth-order valence-corrected chi connectivity index (χ4v) is 4.28. The fraction of sp³-hybridized carbons (Fsp3) is 0.160. The topological polar surface area (TPSA) is 103 Å². The van der Waals surface area contributed by atoms with Gasteiger partial charge in [0, 0.05) is 17.3 Å². The van der Waals surface area contributed by atoms with Crippen LogP contribution in [0, 0.1) is 0 Å². The van der Waals surface area contributed by atoms with Crippen molar-refractivity contribution in [3.63, 3.8) is 0 Å². The maximum absolute atomic E-state index is 13.7. The van der Waals surface area contributed by atoms with Gasteiger partial charge in [0.25, 0.3) is 5.91 Å². The first-order chi connectivity index (χ1) is 17.0. The summed E-state index contributed by atoms with van der Waals surface area (Å²) in [6.07, 6.45) is 1.42. The van der Waals surface area contributed by atoms with E-state index in [0.717, 1.165) is 5.56 Å². The van der Waals surface area contributed by atoms with E-state index in [1.54, 1.807) is 43.0 Å². The molecule has 5 rings (SSSR count). The predicted octanol–water partition coefficient (Wildman–Crippen LogP) is 5.14. The first-order valence-corrected chi connectivity index (χ1v) is 11.1. The highest BCUT2D eigenvalue weighted by molar-refractivity contribution is 6.33. The molecule has 4 aromatic rings. The van der Waals surface area contributed by atoms with Crippen molar-refractivity contribution in [3.05, 3.63) is 83.0 Å². The molecular weight excluding hydrogens is 470 g/mol. The normalized spacial score (nSPS) is 14.8. The molecule has 178 valence electrons. The van der Waals surface area contributed by atoms with Gasteiger partial charge in [-0.15, -0.1) is 0 Å². The lowest BCUT2D eigenvalue weighted by Crippen LogP contribution is -2.31. The molecule has 10 heteroatoms. The van der Waals surface area contributed by atoms with Crippen molar-refractivity contribution in [2.45, 2.75) is 13.0 Å². The number of hydrogen-bond acceptors (Lipinski definition) is 7. The van der Waals surface area contributed by atoms with Crippen LogP contribution in [0.3, 0.4) is 0 Å². The monoisotopic (exact) mass is 491 g/mol. The van der Waals surface area contributed by atoms with E-state index in [0.29, 0.717) is 50.9 Å². The average molecular weight is 492 g/mol. The van der Waals surface area contributed by atoms with Gasteiger partial charge in [-0.2, -0.15) is 10.1 Å². The van der Waals surface area contributed by atoms with E-state index in [4.69, 9.17) is 25.5 Å². The highest BCUT2D eigenvalue weighted by Gasteiger charge is 2.36. The zero-order valence-corrected chi connectivity index (χ0v) is 20.0. The minimum absolute atomic E-state index is 0.358. The molecule has 0 saturated carbocycles. The first kappa shape index (κ1) is 22.5. The number of anilines is 2. The molecule has 0 unspecified atom stereocenters. The lowest BCUT2D eigenvalue weighted by atomic mass is 10.00. The summed E-state index contributed by atoms with van der Waals surface area (Å²) in [5.41, 5.74) is 2.25. The summed E-state index contributed by atoms with van der Waals surface area (Å²) in [5.74, 6) is 2.31. The molecule has 2 aromatic carbocycles. The Morgan fingerprint density at radius 2 is 1.97 bits per heavy atom. The van der Waals surface area contributed by atoms with Crippen molar-refractivity contribution >= 4 is 29.1 Å². The van der Waals surface area contributed by atoms with Crippen LogP contribution in [0.1, 0.15) is 18.7 Å². The smallest absolute Gasteiger partial charge is 0.256 e. The number of fused-ring (bicyclic) bond motifs is 1. The molecule has 1 amide bonds. The van der Waals surface area contributed by atoms with Gasteiger partial charge in [0.05, 0.1) is 30.5 Å². The van der Waals surface area contributed by atoms with Crippen LogP contribution in [0.4, 0.5) is 11.6 Å². The van der Waals surface area contributed by atoms with Gasteiger partial charge in [-0.25, -0.2) is 4.68 Å². The second-order valence-corrected chi connectivity index (χ2v) is 8.20. The molecule has 2 N–H and O–H groups in total. The number of aromatic nitrogens is 3. The van der Waals surface area contributed by atoms with E-state index < -0.39 is 6.04 Å². The number of hydrogen-bond donors (Lipinski definition) is 2. The minimum atomic E-state index is -0.665. The van der Waals surface area contributed by atoms with Crippen LogP contribution in [-0.2, 0) is 4.79 Å². The number of nitrogens with zero attached hydrogens (tertiary/aromatic N) is 3. The molecule has 0 aliphatic carbocycles. The molecule has 0 bridgehead atoms. The summed E-state index contributed by atoms with van der Waals surface area (Å²) >= 11 is 6.37. The summed E-state index contributed by atoms with van der Waals surface area (Å²) in [5, 5.41) is 11.0. The number of nitrogens with one attached hydrogen (secondary N) is 2. The quantitative estimate of drug-likeness (QED) is 0.385. The Morgan fingerprint density at radius 1 is 1.14 bits per heavy atom. The second-order valence-electron chi connectivity index (χ2n) is 7.80. The Bertz CT molecular complexity index is 1440. The number of methoxy groups -OCH3 is 2. The minimum Gasteiger partial charge on any atom is -0.497 e. The van der Waals surface area contributed by atoms with E-state index in [1.807, 2.05) is 30.3 Å². The van der Waals surface area contributed by atoms with Crippen molar-refractivity contribution in [2.75, 3.05) is 24.9 Å². The predicted molar refractivity (Wildman–Crippen MR) is 132 cm³/mol. The van der Waals surface area contributed by atoms with Gasteiger partial charge in [-0.05, 0) is 43.3 Å². The number of rotatable bonds is 6. The Morgan fingerprint density at radius 3 is 2.74 bits per heavy atom. The summed E-state index contributed by atoms with van der Waals surface area (Å²) < 4.78 is 18.6. The average Bonchev–Trinajstić information content (AvgIpc) is 3.53. The first-order valence-electron chi connectivity index (χ1n) is 10.8. The van der Waals surface area contributed by atoms with Crippen molar-refractivity contribution in [3.8, 4) is 22.8 Å². The number of amides is 1. The van der Waals surface area contributed by atoms with Crippen LogP contribution < -0.4 is 20.1 Å². The van der Waals surface area contributed by atoms with Crippen LogP contribution in [0.15, 0.2) is 76.6 Å². The fourth-order valence-electron chi connectivity index (χ4n) is 4.06. The number of halogens is 1. The highest BCUT2D eigenvalue weighted by Crippen LogP contribution is 2.39. The van der Waals surface area contributed by atoms with Crippen molar-refractivity contribution in [2.24, 2.45) is 0 Å². The van der Waals surface area contributed by atoms with Gasteiger partial charge in [0.2, 0.25) is 5.95 Å². The number of carbonyl (C=O) groups excluding carboxylic acids is 1. The van der Waals surface area contributed by atoms with Gasteiger partial charge in [0.15, 0.2) is 0 Å².